The van der Waals surface area contributed by atoms with E-state index in [4.69, 9.17) is 0 Å². The van der Waals surface area contributed by atoms with E-state index in [0.717, 1.165) is 16.4 Å². The van der Waals surface area contributed by atoms with Crippen molar-refractivity contribution < 1.29 is 17.7 Å². The van der Waals surface area contributed by atoms with E-state index >= 15 is 0 Å². The van der Waals surface area contributed by atoms with Crippen molar-refractivity contribution in [1.82, 2.24) is 0 Å². The second kappa shape index (κ2) is 5.72. The molecule has 0 atom stereocenters. The molecule has 0 aromatic heterocycles. The van der Waals surface area contributed by atoms with Gasteiger partial charge in [0.1, 0.15) is 5.82 Å². The van der Waals surface area contributed by atoms with Crippen LogP contribution in [0.15, 0.2) is 47.4 Å². The van der Waals surface area contributed by atoms with Crippen molar-refractivity contribution in [2.75, 3.05) is 11.4 Å². The monoisotopic (exact) mass is 324 g/mol. The van der Waals surface area contributed by atoms with Crippen LogP contribution in [0.3, 0.4) is 0 Å². The summed E-state index contributed by atoms with van der Waals surface area (Å²) in [5.41, 5.74) is -0.0915. The summed E-state index contributed by atoms with van der Waals surface area (Å²) in [4.78, 5) is 10.0. The summed E-state index contributed by atoms with van der Waals surface area (Å²) < 4.78 is 39.5. The molecule has 0 aliphatic rings. The van der Waals surface area contributed by atoms with Gasteiger partial charge in [-0.15, -0.1) is 0 Å². The van der Waals surface area contributed by atoms with Crippen molar-refractivity contribution in [3.05, 3.63) is 64.0 Å². The number of hydrogen-bond donors (Lipinski definition) is 0. The van der Waals surface area contributed by atoms with Gasteiger partial charge in [0.05, 0.1) is 15.5 Å². The second-order valence-electron chi connectivity index (χ2n) is 4.63. The van der Waals surface area contributed by atoms with E-state index in [1.807, 2.05) is 0 Å². The molecule has 0 aliphatic heterocycles. The number of benzene rings is 2. The molecule has 0 spiro atoms. The number of nitro benzene ring substituents is 1. The van der Waals surface area contributed by atoms with Gasteiger partial charge in [-0.05, 0) is 25.1 Å². The van der Waals surface area contributed by atoms with Gasteiger partial charge in [0.25, 0.3) is 15.7 Å². The Kier molecular flexibility index (Phi) is 4.14. The fraction of sp³-hybridized carbons (Fsp3) is 0.143. The number of nitrogens with zero attached hydrogens (tertiary/aromatic N) is 2. The first-order valence-electron chi connectivity index (χ1n) is 6.23. The van der Waals surface area contributed by atoms with Gasteiger partial charge in [-0.1, -0.05) is 18.2 Å². The normalized spacial score (nSPS) is 11.2. The van der Waals surface area contributed by atoms with Gasteiger partial charge in [-0.2, -0.15) is 0 Å². The third kappa shape index (κ3) is 2.77. The number of rotatable bonds is 4. The van der Waals surface area contributed by atoms with E-state index in [9.17, 15) is 22.9 Å². The van der Waals surface area contributed by atoms with Crippen LogP contribution < -0.4 is 4.31 Å². The van der Waals surface area contributed by atoms with E-state index in [1.165, 1.54) is 44.3 Å². The van der Waals surface area contributed by atoms with Gasteiger partial charge in [0.15, 0.2) is 0 Å². The average molecular weight is 324 g/mol. The van der Waals surface area contributed by atoms with Crippen LogP contribution in [0.5, 0.6) is 0 Å². The van der Waals surface area contributed by atoms with E-state index in [1.54, 1.807) is 0 Å². The lowest BCUT2D eigenvalue weighted by Gasteiger charge is -2.20. The predicted octanol–water partition coefficient (Wildman–Crippen LogP) is 2.87. The summed E-state index contributed by atoms with van der Waals surface area (Å²) >= 11 is 0. The third-order valence-corrected chi connectivity index (χ3v) is 4.99. The highest BCUT2D eigenvalue weighted by Crippen LogP contribution is 2.27. The zero-order valence-corrected chi connectivity index (χ0v) is 12.7. The molecule has 0 heterocycles. The maximum absolute atomic E-state index is 13.7. The molecule has 116 valence electrons. The minimum absolute atomic E-state index is 0.134. The average Bonchev–Trinajstić information content (AvgIpc) is 2.47. The quantitative estimate of drug-likeness (QED) is 0.640. The predicted molar refractivity (Wildman–Crippen MR) is 79.8 cm³/mol. The highest BCUT2D eigenvalue weighted by molar-refractivity contribution is 7.92. The van der Waals surface area contributed by atoms with Crippen LogP contribution in [-0.4, -0.2) is 20.4 Å². The lowest BCUT2D eigenvalue weighted by Crippen LogP contribution is -2.27. The molecule has 0 saturated heterocycles. The van der Waals surface area contributed by atoms with E-state index in [2.05, 4.69) is 0 Å². The van der Waals surface area contributed by atoms with Gasteiger partial charge >= 0.3 is 0 Å². The van der Waals surface area contributed by atoms with Crippen molar-refractivity contribution in [1.29, 1.82) is 0 Å². The lowest BCUT2D eigenvalue weighted by molar-refractivity contribution is -0.385. The number of para-hydroxylation sites is 1. The molecule has 0 amide bonds. The first-order valence-corrected chi connectivity index (χ1v) is 7.67. The standard InChI is InChI=1S/C14H13FN2O4S/c1-10-7-8-11(9-14(10)17(18)19)22(20,21)16(2)13-6-4-3-5-12(13)15/h3-9H,1-2H3. The molecular formula is C14H13FN2O4S. The summed E-state index contributed by atoms with van der Waals surface area (Å²) in [6.45, 7) is 1.51. The molecule has 2 rings (SSSR count). The first kappa shape index (κ1) is 15.9. The summed E-state index contributed by atoms with van der Waals surface area (Å²) in [5.74, 6) is -0.699. The molecule has 22 heavy (non-hydrogen) atoms. The SMILES string of the molecule is Cc1ccc(S(=O)(=O)N(C)c2ccccc2F)cc1[N+](=O)[O-]. The van der Waals surface area contributed by atoms with Gasteiger partial charge < -0.3 is 0 Å². The van der Waals surface area contributed by atoms with Crippen LogP contribution in [0.2, 0.25) is 0 Å². The topological polar surface area (TPSA) is 80.5 Å². The summed E-state index contributed by atoms with van der Waals surface area (Å²) in [6.07, 6.45) is 0. The van der Waals surface area contributed by atoms with Crippen molar-refractivity contribution in [2.45, 2.75) is 11.8 Å². The number of aryl methyl sites for hydroxylation is 1. The molecular weight excluding hydrogens is 311 g/mol. The third-order valence-electron chi connectivity index (χ3n) is 3.23. The summed E-state index contributed by atoms with van der Waals surface area (Å²) in [6, 6.07) is 8.98. The van der Waals surface area contributed by atoms with Crippen molar-refractivity contribution in [2.24, 2.45) is 0 Å². The number of anilines is 1. The van der Waals surface area contributed by atoms with Crippen molar-refractivity contribution in [3.63, 3.8) is 0 Å². The molecule has 0 N–H and O–H groups in total. The summed E-state index contributed by atoms with van der Waals surface area (Å²) in [7, 11) is -2.90. The highest BCUT2D eigenvalue weighted by Gasteiger charge is 2.26. The minimum Gasteiger partial charge on any atom is -0.266 e. The Bertz CT molecular complexity index is 836. The summed E-state index contributed by atoms with van der Waals surface area (Å²) in [5, 5.41) is 10.9. The minimum atomic E-state index is -4.10. The van der Waals surface area contributed by atoms with E-state index in [-0.39, 0.29) is 16.3 Å². The van der Waals surface area contributed by atoms with Crippen LogP contribution in [-0.2, 0) is 10.0 Å². The maximum atomic E-state index is 13.7. The number of hydrogen-bond acceptors (Lipinski definition) is 4. The van der Waals surface area contributed by atoms with Crippen LogP contribution in [0.25, 0.3) is 0 Å². The Morgan fingerprint density at radius 2 is 1.82 bits per heavy atom. The Balaban J connectivity index is 2.54. The Hall–Kier alpha value is -2.48. The molecule has 0 saturated carbocycles. The molecule has 0 radical (unpaired) electrons. The molecule has 0 unspecified atom stereocenters. The van der Waals surface area contributed by atoms with Crippen molar-refractivity contribution in [3.8, 4) is 0 Å². The van der Waals surface area contributed by atoms with Crippen LogP contribution >= 0.6 is 0 Å². The fourth-order valence-electron chi connectivity index (χ4n) is 1.94. The van der Waals surface area contributed by atoms with Gasteiger partial charge in [-0.3, -0.25) is 14.4 Å². The molecule has 2 aromatic rings. The molecule has 2 aromatic carbocycles. The number of sulfonamides is 1. The van der Waals surface area contributed by atoms with Crippen LogP contribution in [0.1, 0.15) is 5.56 Å². The Morgan fingerprint density at radius 1 is 1.18 bits per heavy atom. The molecule has 0 bridgehead atoms. The van der Waals surface area contributed by atoms with E-state index in [0.29, 0.717) is 5.56 Å². The van der Waals surface area contributed by atoms with Crippen molar-refractivity contribution >= 4 is 21.4 Å². The largest absolute Gasteiger partial charge is 0.273 e. The molecule has 0 aliphatic carbocycles. The molecule has 6 nitrogen and oxygen atoms in total. The number of halogens is 1. The van der Waals surface area contributed by atoms with Crippen LogP contribution in [0.4, 0.5) is 15.8 Å². The fourth-order valence-corrected chi connectivity index (χ4v) is 3.16. The Morgan fingerprint density at radius 3 is 2.41 bits per heavy atom. The van der Waals surface area contributed by atoms with Crippen LogP contribution in [0, 0.1) is 22.9 Å². The zero-order valence-electron chi connectivity index (χ0n) is 11.9. The first-order chi connectivity index (χ1) is 10.2. The van der Waals surface area contributed by atoms with E-state index < -0.39 is 20.8 Å². The Labute approximate surface area is 127 Å². The lowest BCUT2D eigenvalue weighted by atomic mass is 10.2. The number of nitro groups is 1. The maximum Gasteiger partial charge on any atom is 0.273 e. The highest BCUT2D eigenvalue weighted by atomic mass is 32.2. The zero-order chi connectivity index (χ0) is 16.5. The van der Waals surface area contributed by atoms with Gasteiger partial charge in [-0.25, -0.2) is 12.8 Å². The smallest absolute Gasteiger partial charge is 0.266 e. The second-order valence-corrected chi connectivity index (χ2v) is 6.60. The molecule has 0 fully saturated rings. The van der Waals surface area contributed by atoms with Gasteiger partial charge in [0, 0.05) is 18.7 Å². The van der Waals surface area contributed by atoms with Gasteiger partial charge in [0.2, 0.25) is 0 Å². The molecule has 8 heteroatoms.